The zero-order valence-electron chi connectivity index (χ0n) is 15.0. The average molecular weight is 320 g/mol. The van der Waals surface area contributed by atoms with Crippen LogP contribution in [0.25, 0.3) is 10.9 Å². The molecule has 1 aliphatic rings. The summed E-state index contributed by atoms with van der Waals surface area (Å²) < 4.78 is 0. The summed E-state index contributed by atoms with van der Waals surface area (Å²) >= 11 is 0. The van der Waals surface area contributed by atoms with Gasteiger partial charge in [0.15, 0.2) is 0 Å². The van der Waals surface area contributed by atoms with Crippen LogP contribution in [0.3, 0.4) is 0 Å². The number of fused-ring (bicyclic) bond motifs is 1. The number of H-pyrrole nitrogens is 1. The lowest BCUT2D eigenvalue weighted by molar-refractivity contribution is 0.468. The van der Waals surface area contributed by atoms with E-state index < -0.39 is 0 Å². The molecule has 3 aromatic rings. The average Bonchev–Trinajstić information content (AvgIpc) is 3.25. The zero-order valence-corrected chi connectivity index (χ0v) is 15.0. The molecule has 1 saturated heterocycles. The first kappa shape index (κ1) is 16.8. The maximum Gasteiger partial charge on any atom is 0.0454 e. The van der Waals surface area contributed by atoms with E-state index in [1.807, 2.05) is 20.0 Å². The molecule has 2 nitrogen and oxygen atoms in total. The van der Waals surface area contributed by atoms with E-state index in [2.05, 4.69) is 65.8 Å². The first-order valence-electron chi connectivity index (χ1n) is 9.09. The van der Waals surface area contributed by atoms with Crippen LogP contribution in [0.2, 0.25) is 0 Å². The topological polar surface area (TPSA) is 27.8 Å². The Kier molecular flexibility index (Phi) is 5.06. The minimum absolute atomic E-state index is 0.221. The summed E-state index contributed by atoms with van der Waals surface area (Å²) in [6, 6.07) is 18.0. The molecule has 0 saturated carbocycles. The highest BCUT2D eigenvalue weighted by Crippen LogP contribution is 2.36. The van der Waals surface area contributed by atoms with Crippen LogP contribution in [-0.4, -0.2) is 18.1 Å². The number of aromatic nitrogens is 1. The molecular formula is C22H28N2. The zero-order chi connectivity index (χ0) is 17.0. The van der Waals surface area contributed by atoms with Gasteiger partial charge in [-0.1, -0.05) is 49.7 Å². The quantitative estimate of drug-likeness (QED) is 0.700. The number of rotatable bonds is 3. The molecule has 1 fully saturated rings. The van der Waals surface area contributed by atoms with Crippen LogP contribution in [0, 0.1) is 6.92 Å². The molecule has 1 aromatic heterocycles. The Morgan fingerprint density at radius 3 is 2.67 bits per heavy atom. The lowest BCUT2D eigenvalue weighted by Crippen LogP contribution is -2.31. The van der Waals surface area contributed by atoms with Crippen molar-refractivity contribution in [3.05, 3.63) is 71.4 Å². The standard InChI is InChI=1S/C20H22N2.C2H6/c1-15-3-2-4-16(11-15)13-20(8-10-21-14-20)18-5-6-19-17(12-18)7-9-22-19;1-2/h2-7,9,11-12,21-22H,8,10,13-14H2,1H3;1-2H3/t20-;/m1./s1. The Morgan fingerprint density at radius 2 is 1.92 bits per heavy atom. The number of nitrogens with one attached hydrogen (secondary N) is 2. The van der Waals surface area contributed by atoms with Crippen LogP contribution in [0.15, 0.2) is 54.7 Å². The summed E-state index contributed by atoms with van der Waals surface area (Å²) in [7, 11) is 0. The first-order valence-corrected chi connectivity index (χ1v) is 9.09. The summed E-state index contributed by atoms with van der Waals surface area (Å²) in [5.74, 6) is 0. The van der Waals surface area contributed by atoms with Crippen LogP contribution < -0.4 is 5.32 Å². The molecule has 126 valence electrons. The Labute approximate surface area is 145 Å². The molecule has 24 heavy (non-hydrogen) atoms. The fourth-order valence-corrected chi connectivity index (χ4v) is 3.84. The Balaban J connectivity index is 0.000000815. The molecule has 2 heteroatoms. The number of aryl methyl sites for hydroxylation is 1. The van der Waals surface area contributed by atoms with Gasteiger partial charge in [-0.25, -0.2) is 0 Å². The monoisotopic (exact) mass is 320 g/mol. The van der Waals surface area contributed by atoms with Gasteiger partial charge in [0.2, 0.25) is 0 Å². The van der Waals surface area contributed by atoms with Crippen LogP contribution in [0.5, 0.6) is 0 Å². The lowest BCUT2D eigenvalue weighted by atomic mass is 9.74. The highest BCUT2D eigenvalue weighted by atomic mass is 14.9. The number of aromatic amines is 1. The van der Waals surface area contributed by atoms with E-state index in [4.69, 9.17) is 0 Å². The molecule has 0 radical (unpaired) electrons. The molecule has 1 aliphatic heterocycles. The highest BCUT2D eigenvalue weighted by molar-refractivity contribution is 5.80. The first-order chi connectivity index (χ1) is 11.8. The maximum atomic E-state index is 3.58. The fourth-order valence-electron chi connectivity index (χ4n) is 3.84. The third kappa shape index (κ3) is 3.25. The fraction of sp³-hybridized carbons (Fsp3) is 0.364. The summed E-state index contributed by atoms with van der Waals surface area (Å²) in [4.78, 5) is 3.29. The van der Waals surface area contributed by atoms with Crippen molar-refractivity contribution in [3.63, 3.8) is 0 Å². The van der Waals surface area contributed by atoms with Crippen molar-refractivity contribution in [2.24, 2.45) is 0 Å². The molecule has 1 atom stereocenters. The molecule has 0 aliphatic carbocycles. The third-order valence-corrected chi connectivity index (χ3v) is 5.03. The number of hydrogen-bond acceptors (Lipinski definition) is 1. The maximum absolute atomic E-state index is 3.58. The minimum atomic E-state index is 0.221. The van der Waals surface area contributed by atoms with Gasteiger partial charge in [-0.05, 0) is 61.0 Å². The summed E-state index contributed by atoms with van der Waals surface area (Å²) in [5, 5.41) is 4.89. The summed E-state index contributed by atoms with van der Waals surface area (Å²) in [5.41, 5.74) is 5.70. The smallest absolute Gasteiger partial charge is 0.0454 e. The van der Waals surface area contributed by atoms with E-state index in [0.717, 1.165) is 19.5 Å². The van der Waals surface area contributed by atoms with Crippen molar-refractivity contribution < 1.29 is 0 Å². The van der Waals surface area contributed by atoms with Crippen molar-refractivity contribution in [3.8, 4) is 0 Å². The van der Waals surface area contributed by atoms with Gasteiger partial charge in [0.05, 0.1) is 0 Å². The van der Waals surface area contributed by atoms with E-state index in [-0.39, 0.29) is 5.41 Å². The van der Waals surface area contributed by atoms with Crippen molar-refractivity contribution in [1.29, 1.82) is 0 Å². The largest absolute Gasteiger partial charge is 0.361 e. The SMILES string of the molecule is CC.Cc1cccc(C[C@]2(c3ccc4[nH]ccc4c3)CCNC2)c1. The van der Waals surface area contributed by atoms with Gasteiger partial charge in [-0.2, -0.15) is 0 Å². The van der Waals surface area contributed by atoms with Crippen LogP contribution in [-0.2, 0) is 11.8 Å². The third-order valence-electron chi connectivity index (χ3n) is 5.03. The van der Waals surface area contributed by atoms with Crippen LogP contribution in [0.1, 0.15) is 37.0 Å². The predicted molar refractivity (Wildman–Crippen MR) is 104 cm³/mol. The second-order valence-corrected chi connectivity index (χ2v) is 6.65. The summed E-state index contributed by atoms with van der Waals surface area (Å²) in [6.07, 6.45) is 4.34. The highest BCUT2D eigenvalue weighted by Gasteiger charge is 2.35. The van der Waals surface area contributed by atoms with E-state index in [0.29, 0.717) is 0 Å². The Morgan fingerprint density at radius 1 is 1.04 bits per heavy atom. The molecule has 0 spiro atoms. The second-order valence-electron chi connectivity index (χ2n) is 6.65. The van der Waals surface area contributed by atoms with Crippen molar-refractivity contribution in [2.45, 2.75) is 39.0 Å². The van der Waals surface area contributed by atoms with Crippen molar-refractivity contribution >= 4 is 10.9 Å². The van der Waals surface area contributed by atoms with Crippen molar-refractivity contribution in [2.75, 3.05) is 13.1 Å². The van der Waals surface area contributed by atoms with E-state index in [1.54, 1.807) is 0 Å². The van der Waals surface area contributed by atoms with Gasteiger partial charge in [0.1, 0.15) is 0 Å². The minimum Gasteiger partial charge on any atom is -0.361 e. The summed E-state index contributed by atoms with van der Waals surface area (Å²) in [6.45, 7) is 8.35. The van der Waals surface area contributed by atoms with Gasteiger partial charge < -0.3 is 10.3 Å². The van der Waals surface area contributed by atoms with Gasteiger partial charge >= 0.3 is 0 Å². The predicted octanol–water partition coefficient (Wildman–Crippen LogP) is 4.98. The van der Waals surface area contributed by atoms with Gasteiger partial charge in [-0.15, -0.1) is 0 Å². The molecule has 2 heterocycles. The molecule has 2 aromatic carbocycles. The van der Waals surface area contributed by atoms with E-state index >= 15 is 0 Å². The van der Waals surface area contributed by atoms with E-state index in [1.165, 1.54) is 34.0 Å². The Hall–Kier alpha value is -2.06. The second kappa shape index (κ2) is 7.23. The van der Waals surface area contributed by atoms with Crippen LogP contribution in [0.4, 0.5) is 0 Å². The number of benzene rings is 2. The molecule has 0 bridgehead atoms. The molecular weight excluding hydrogens is 292 g/mol. The van der Waals surface area contributed by atoms with Gasteiger partial charge in [0, 0.05) is 23.7 Å². The van der Waals surface area contributed by atoms with Gasteiger partial charge in [-0.3, -0.25) is 0 Å². The molecule has 2 N–H and O–H groups in total. The number of hydrogen-bond donors (Lipinski definition) is 2. The van der Waals surface area contributed by atoms with Crippen molar-refractivity contribution in [1.82, 2.24) is 10.3 Å². The molecule has 4 rings (SSSR count). The lowest BCUT2D eigenvalue weighted by Gasteiger charge is -2.29. The van der Waals surface area contributed by atoms with Gasteiger partial charge in [0.25, 0.3) is 0 Å². The molecule has 0 amide bonds. The normalized spacial score (nSPS) is 20.0. The van der Waals surface area contributed by atoms with Crippen LogP contribution >= 0.6 is 0 Å². The molecule has 0 unspecified atom stereocenters. The van der Waals surface area contributed by atoms with E-state index in [9.17, 15) is 0 Å². The Bertz CT molecular complexity index is 794.